The average Bonchev–Trinajstić information content (AvgIpc) is 2.09. The van der Waals surface area contributed by atoms with Crippen molar-refractivity contribution in [2.24, 2.45) is 0 Å². The molecular formula is C13H22. The van der Waals surface area contributed by atoms with E-state index in [0.717, 1.165) is 6.42 Å². The molecule has 0 radical (unpaired) electrons. The lowest BCUT2D eigenvalue weighted by Gasteiger charge is -2.00. The number of hydrogen-bond acceptors (Lipinski definition) is 0. The van der Waals surface area contributed by atoms with E-state index in [9.17, 15) is 0 Å². The fraction of sp³-hybridized carbons (Fsp3) is 0.538. The minimum atomic E-state index is 1.11. The second-order valence-electron chi connectivity index (χ2n) is 3.59. The maximum atomic E-state index is 2.26. The van der Waals surface area contributed by atoms with Gasteiger partial charge in [-0.1, -0.05) is 48.8 Å². The Kier molecular flexibility index (Phi) is 7.38. The van der Waals surface area contributed by atoms with E-state index in [-0.39, 0.29) is 0 Å². The van der Waals surface area contributed by atoms with Crippen LogP contribution in [0.15, 0.2) is 35.5 Å². The molecule has 0 heterocycles. The van der Waals surface area contributed by atoms with E-state index in [1.54, 1.807) is 0 Å². The van der Waals surface area contributed by atoms with E-state index in [1.165, 1.54) is 24.0 Å². The third-order valence-electron chi connectivity index (χ3n) is 1.84. The normalized spacial score (nSPS) is 12.2. The summed E-state index contributed by atoms with van der Waals surface area (Å²) in [6.45, 7) is 8.57. The van der Waals surface area contributed by atoms with Crippen molar-refractivity contribution in [3.63, 3.8) is 0 Å². The van der Waals surface area contributed by atoms with Crippen molar-refractivity contribution in [3.8, 4) is 0 Å². The zero-order chi connectivity index (χ0) is 10.1. The van der Waals surface area contributed by atoms with E-state index >= 15 is 0 Å². The number of hydrogen-bond donors (Lipinski definition) is 0. The van der Waals surface area contributed by atoms with Gasteiger partial charge in [0.25, 0.3) is 0 Å². The first-order chi connectivity index (χ1) is 6.20. The molecule has 13 heavy (non-hydrogen) atoms. The summed E-state index contributed by atoms with van der Waals surface area (Å²) in [4.78, 5) is 0. The Morgan fingerprint density at radius 2 is 1.85 bits per heavy atom. The van der Waals surface area contributed by atoms with E-state index in [4.69, 9.17) is 0 Å². The van der Waals surface area contributed by atoms with Gasteiger partial charge >= 0.3 is 0 Å². The highest BCUT2D eigenvalue weighted by molar-refractivity contribution is 5.17. The van der Waals surface area contributed by atoms with E-state index in [1.807, 2.05) is 0 Å². The lowest BCUT2D eigenvalue weighted by Crippen LogP contribution is -1.80. The Morgan fingerprint density at radius 3 is 2.31 bits per heavy atom. The molecule has 0 aromatic carbocycles. The van der Waals surface area contributed by atoms with Crippen molar-refractivity contribution in [2.75, 3.05) is 0 Å². The lowest BCUT2D eigenvalue weighted by atomic mass is 10.1. The van der Waals surface area contributed by atoms with Gasteiger partial charge < -0.3 is 0 Å². The van der Waals surface area contributed by atoms with Crippen molar-refractivity contribution in [1.82, 2.24) is 0 Å². The molecule has 0 saturated heterocycles. The monoisotopic (exact) mass is 178 g/mol. The summed E-state index contributed by atoms with van der Waals surface area (Å²) in [6, 6.07) is 0. The molecule has 0 aromatic rings. The minimum Gasteiger partial charge on any atom is -0.0913 e. The Balaban J connectivity index is 4.22. The van der Waals surface area contributed by atoms with Crippen LogP contribution in [0.1, 0.15) is 47.0 Å². The zero-order valence-electron chi connectivity index (χ0n) is 9.43. The molecule has 74 valence electrons. The molecule has 0 aromatic heterocycles. The highest BCUT2D eigenvalue weighted by Crippen LogP contribution is 2.11. The van der Waals surface area contributed by atoms with Crippen LogP contribution < -0.4 is 0 Å². The molecule has 0 fully saturated rings. The highest BCUT2D eigenvalue weighted by Gasteiger charge is 1.91. The molecule has 0 unspecified atom stereocenters. The van der Waals surface area contributed by atoms with Crippen molar-refractivity contribution in [1.29, 1.82) is 0 Å². The van der Waals surface area contributed by atoms with E-state index < -0.39 is 0 Å². The Morgan fingerprint density at radius 1 is 1.15 bits per heavy atom. The fourth-order valence-electron chi connectivity index (χ4n) is 1.13. The first kappa shape index (κ1) is 12.2. The molecule has 0 atom stereocenters. The van der Waals surface area contributed by atoms with Gasteiger partial charge in [-0.05, 0) is 33.6 Å². The molecule has 0 spiro atoms. The molecule has 0 nitrogen and oxygen atoms in total. The van der Waals surface area contributed by atoms with Crippen LogP contribution in [0, 0.1) is 0 Å². The van der Waals surface area contributed by atoms with Crippen molar-refractivity contribution < 1.29 is 0 Å². The second kappa shape index (κ2) is 7.85. The van der Waals surface area contributed by atoms with Crippen LogP contribution in [0.2, 0.25) is 0 Å². The minimum absolute atomic E-state index is 1.11. The highest BCUT2D eigenvalue weighted by atomic mass is 14.0. The summed E-state index contributed by atoms with van der Waals surface area (Å²) >= 11 is 0. The first-order valence-corrected chi connectivity index (χ1v) is 5.14. The lowest BCUT2D eigenvalue weighted by molar-refractivity contribution is 0.879. The number of allylic oxidation sites excluding steroid dienone is 6. The van der Waals surface area contributed by atoms with Gasteiger partial charge in [-0.3, -0.25) is 0 Å². The molecule has 0 amide bonds. The molecule has 0 saturated carbocycles. The van der Waals surface area contributed by atoms with Crippen LogP contribution in [-0.2, 0) is 0 Å². The Labute approximate surface area is 83.0 Å². The summed E-state index contributed by atoms with van der Waals surface area (Å²) < 4.78 is 0. The van der Waals surface area contributed by atoms with Gasteiger partial charge in [-0.25, -0.2) is 0 Å². The van der Waals surface area contributed by atoms with Gasteiger partial charge in [0.1, 0.15) is 0 Å². The van der Waals surface area contributed by atoms with Gasteiger partial charge in [0.2, 0.25) is 0 Å². The van der Waals surface area contributed by atoms with Crippen LogP contribution in [0.25, 0.3) is 0 Å². The molecule has 0 rings (SSSR count). The molecule has 0 aliphatic rings. The summed E-state index contributed by atoms with van der Waals surface area (Å²) in [7, 11) is 0. The number of rotatable bonds is 5. The van der Waals surface area contributed by atoms with Crippen molar-refractivity contribution in [2.45, 2.75) is 47.0 Å². The van der Waals surface area contributed by atoms with Gasteiger partial charge in [0.15, 0.2) is 0 Å². The molecule has 0 aliphatic carbocycles. The summed E-state index contributed by atoms with van der Waals surface area (Å²) in [5.41, 5.74) is 2.90. The second-order valence-corrected chi connectivity index (χ2v) is 3.59. The predicted octanol–water partition coefficient (Wildman–Crippen LogP) is 4.65. The molecule has 0 bridgehead atoms. The average molecular weight is 178 g/mol. The van der Waals surface area contributed by atoms with Crippen LogP contribution in [0.5, 0.6) is 0 Å². The van der Waals surface area contributed by atoms with Gasteiger partial charge in [-0.2, -0.15) is 0 Å². The van der Waals surface area contributed by atoms with Crippen molar-refractivity contribution >= 4 is 0 Å². The van der Waals surface area contributed by atoms with Crippen LogP contribution in [0.3, 0.4) is 0 Å². The quantitative estimate of drug-likeness (QED) is 0.425. The smallest absolute Gasteiger partial charge is 0.0136 e. The Hall–Kier alpha value is -0.780. The predicted molar refractivity (Wildman–Crippen MR) is 61.9 cm³/mol. The van der Waals surface area contributed by atoms with E-state index in [2.05, 4.69) is 52.0 Å². The molecule has 0 N–H and O–H groups in total. The van der Waals surface area contributed by atoms with Gasteiger partial charge in [0.05, 0.1) is 0 Å². The topological polar surface area (TPSA) is 0 Å². The van der Waals surface area contributed by atoms with Crippen molar-refractivity contribution in [3.05, 3.63) is 35.5 Å². The first-order valence-electron chi connectivity index (χ1n) is 5.14. The third-order valence-corrected chi connectivity index (χ3v) is 1.84. The maximum Gasteiger partial charge on any atom is -0.0136 e. The van der Waals surface area contributed by atoms with Crippen LogP contribution in [-0.4, -0.2) is 0 Å². The SMILES string of the molecule is CC=CCC(=CC=C(C)C)CCC. The van der Waals surface area contributed by atoms with Crippen LogP contribution in [0.4, 0.5) is 0 Å². The molecule has 0 aliphatic heterocycles. The maximum absolute atomic E-state index is 2.26. The fourth-order valence-corrected chi connectivity index (χ4v) is 1.13. The van der Waals surface area contributed by atoms with Gasteiger partial charge in [-0.15, -0.1) is 0 Å². The summed E-state index contributed by atoms with van der Waals surface area (Å²) in [6.07, 6.45) is 12.4. The summed E-state index contributed by atoms with van der Waals surface area (Å²) in [5.74, 6) is 0. The summed E-state index contributed by atoms with van der Waals surface area (Å²) in [5, 5.41) is 0. The third kappa shape index (κ3) is 7.58. The Bertz CT molecular complexity index is 200. The van der Waals surface area contributed by atoms with Crippen LogP contribution >= 0.6 is 0 Å². The standard InChI is InChI=1S/C13H22/c1-5-7-9-13(8-6-2)11-10-12(3)4/h5,7,10-11H,6,8-9H2,1-4H3. The zero-order valence-corrected chi connectivity index (χ0v) is 9.43. The molecular weight excluding hydrogens is 156 g/mol. The molecule has 0 heteroatoms. The van der Waals surface area contributed by atoms with E-state index in [0.29, 0.717) is 0 Å². The van der Waals surface area contributed by atoms with Gasteiger partial charge in [0, 0.05) is 0 Å². The largest absolute Gasteiger partial charge is 0.0913 e.